The molecule has 0 N–H and O–H groups in total. The Kier molecular flexibility index (Phi) is 1.65. The average molecular weight is 182 g/mol. The van der Waals surface area contributed by atoms with Crippen LogP contribution in [0.4, 0.5) is 0 Å². The number of ether oxygens (including phenoxy) is 2. The fourth-order valence-electron chi connectivity index (χ4n) is 1.76. The summed E-state index contributed by atoms with van der Waals surface area (Å²) < 4.78 is 10.0. The Morgan fingerprint density at radius 1 is 1.38 bits per heavy atom. The third kappa shape index (κ3) is 0.978. The Morgan fingerprint density at radius 2 is 2.08 bits per heavy atom. The van der Waals surface area contributed by atoms with Crippen LogP contribution in [0.25, 0.3) is 0 Å². The first kappa shape index (κ1) is 8.29. The molecule has 2 heterocycles. The highest BCUT2D eigenvalue weighted by molar-refractivity contribution is 5.99. The highest BCUT2D eigenvalue weighted by Gasteiger charge is 2.54. The molecule has 0 aromatic heterocycles. The standard InChI is InChI=1S/C9H10O4/c1-3-5-7-6(9(11)12-5)4(2)8(10)13-7/h5-7H,2-3H2,1H3/t5-,6+,7+/m1/s1. The molecule has 2 aliphatic rings. The summed E-state index contributed by atoms with van der Waals surface area (Å²) in [5.41, 5.74) is 0.228. The lowest BCUT2D eigenvalue weighted by atomic mass is 9.96. The molecule has 0 radical (unpaired) electrons. The minimum atomic E-state index is -0.558. The zero-order chi connectivity index (χ0) is 9.59. The van der Waals surface area contributed by atoms with Gasteiger partial charge in [0.2, 0.25) is 0 Å². The van der Waals surface area contributed by atoms with Crippen LogP contribution in [-0.4, -0.2) is 24.1 Å². The van der Waals surface area contributed by atoms with Crippen molar-refractivity contribution < 1.29 is 19.1 Å². The number of hydrogen-bond acceptors (Lipinski definition) is 4. The molecule has 0 saturated carbocycles. The molecular weight excluding hydrogens is 172 g/mol. The van der Waals surface area contributed by atoms with Crippen molar-refractivity contribution in [2.75, 3.05) is 0 Å². The number of hydrogen-bond donors (Lipinski definition) is 0. The molecule has 2 fully saturated rings. The molecule has 4 nitrogen and oxygen atoms in total. The van der Waals surface area contributed by atoms with Crippen LogP contribution in [-0.2, 0) is 19.1 Å². The van der Waals surface area contributed by atoms with Gasteiger partial charge in [-0.3, -0.25) is 4.79 Å². The lowest BCUT2D eigenvalue weighted by Gasteiger charge is -2.11. The summed E-state index contributed by atoms with van der Waals surface area (Å²) >= 11 is 0. The number of rotatable bonds is 1. The largest absolute Gasteiger partial charge is 0.458 e. The Morgan fingerprint density at radius 3 is 2.69 bits per heavy atom. The van der Waals surface area contributed by atoms with Crippen molar-refractivity contribution in [2.24, 2.45) is 5.92 Å². The van der Waals surface area contributed by atoms with Gasteiger partial charge in [-0.2, -0.15) is 0 Å². The van der Waals surface area contributed by atoms with E-state index in [0.29, 0.717) is 6.42 Å². The monoisotopic (exact) mass is 182 g/mol. The van der Waals surface area contributed by atoms with Gasteiger partial charge in [0.15, 0.2) is 6.10 Å². The summed E-state index contributed by atoms with van der Waals surface area (Å²) in [7, 11) is 0. The maximum atomic E-state index is 11.3. The van der Waals surface area contributed by atoms with Gasteiger partial charge in [-0.15, -0.1) is 0 Å². The van der Waals surface area contributed by atoms with Gasteiger partial charge in [0.1, 0.15) is 12.0 Å². The second-order valence-electron chi connectivity index (χ2n) is 3.26. The number of carbonyl (C=O) groups excluding carboxylic acids is 2. The number of esters is 2. The minimum absolute atomic E-state index is 0.228. The van der Waals surface area contributed by atoms with Crippen LogP contribution in [0.15, 0.2) is 12.2 Å². The smallest absolute Gasteiger partial charge is 0.334 e. The molecule has 3 atom stereocenters. The Balaban J connectivity index is 2.30. The van der Waals surface area contributed by atoms with Crippen molar-refractivity contribution in [3.05, 3.63) is 12.2 Å². The lowest BCUT2D eigenvalue weighted by molar-refractivity contribution is -0.149. The van der Waals surface area contributed by atoms with Crippen LogP contribution in [0, 0.1) is 5.92 Å². The van der Waals surface area contributed by atoms with E-state index < -0.39 is 18.0 Å². The molecular formula is C9H10O4. The minimum Gasteiger partial charge on any atom is -0.458 e. The van der Waals surface area contributed by atoms with E-state index in [-0.39, 0.29) is 17.6 Å². The van der Waals surface area contributed by atoms with Gasteiger partial charge in [0.25, 0.3) is 0 Å². The fraction of sp³-hybridized carbons (Fsp3) is 0.556. The number of cyclic esters (lactones) is 1. The molecule has 4 heteroatoms. The average Bonchev–Trinajstić information content (AvgIpc) is 2.54. The van der Waals surface area contributed by atoms with E-state index in [2.05, 4.69) is 6.58 Å². The molecule has 2 rings (SSSR count). The SMILES string of the molecule is C=C1C(=O)O[C@@H]2[C@H]1C(=O)O[C@@H]2CC. The molecule has 13 heavy (non-hydrogen) atoms. The maximum absolute atomic E-state index is 11.3. The molecule has 0 aliphatic carbocycles. The summed E-state index contributed by atoms with van der Waals surface area (Å²) in [6.45, 7) is 5.41. The molecule has 0 bridgehead atoms. The lowest BCUT2D eigenvalue weighted by Crippen LogP contribution is -2.24. The summed E-state index contributed by atoms with van der Waals surface area (Å²) in [5.74, 6) is -1.41. The molecule has 0 unspecified atom stereocenters. The Bertz CT molecular complexity index is 294. The first-order valence-corrected chi connectivity index (χ1v) is 4.25. The first-order valence-electron chi connectivity index (χ1n) is 4.25. The van der Waals surface area contributed by atoms with Gasteiger partial charge >= 0.3 is 11.9 Å². The van der Waals surface area contributed by atoms with Gasteiger partial charge in [-0.05, 0) is 6.42 Å². The van der Waals surface area contributed by atoms with Crippen molar-refractivity contribution in [2.45, 2.75) is 25.6 Å². The Labute approximate surface area is 75.5 Å². The predicted octanol–water partition coefficient (Wildman–Crippen LogP) is 0.420. The second kappa shape index (κ2) is 2.58. The van der Waals surface area contributed by atoms with Crippen LogP contribution in [0.2, 0.25) is 0 Å². The molecule has 0 spiro atoms. The van der Waals surface area contributed by atoms with E-state index in [1.165, 1.54) is 0 Å². The quantitative estimate of drug-likeness (QED) is 0.435. The molecule has 2 saturated heterocycles. The first-order chi connectivity index (χ1) is 6.15. The fourth-order valence-corrected chi connectivity index (χ4v) is 1.76. The Hall–Kier alpha value is -1.32. The maximum Gasteiger partial charge on any atom is 0.334 e. The summed E-state index contributed by atoms with van der Waals surface area (Å²) in [4.78, 5) is 22.3. The van der Waals surface area contributed by atoms with Crippen LogP contribution >= 0.6 is 0 Å². The second-order valence-corrected chi connectivity index (χ2v) is 3.26. The van der Waals surface area contributed by atoms with Gasteiger partial charge in [0, 0.05) is 5.57 Å². The zero-order valence-corrected chi connectivity index (χ0v) is 7.28. The zero-order valence-electron chi connectivity index (χ0n) is 7.28. The van der Waals surface area contributed by atoms with Crippen LogP contribution in [0.1, 0.15) is 13.3 Å². The van der Waals surface area contributed by atoms with Gasteiger partial charge in [0.05, 0.1) is 0 Å². The van der Waals surface area contributed by atoms with E-state index in [1.807, 2.05) is 6.92 Å². The van der Waals surface area contributed by atoms with E-state index >= 15 is 0 Å². The number of carbonyl (C=O) groups is 2. The highest BCUT2D eigenvalue weighted by Crippen LogP contribution is 2.37. The summed E-state index contributed by atoms with van der Waals surface area (Å²) in [6, 6.07) is 0. The van der Waals surface area contributed by atoms with Crippen LogP contribution < -0.4 is 0 Å². The van der Waals surface area contributed by atoms with E-state index in [9.17, 15) is 9.59 Å². The van der Waals surface area contributed by atoms with E-state index in [0.717, 1.165) is 0 Å². The molecule has 70 valence electrons. The molecule has 0 amide bonds. The van der Waals surface area contributed by atoms with E-state index in [1.54, 1.807) is 0 Å². The highest BCUT2D eigenvalue weighted by atomic mass is 16.6. The van der Waals surface area contributed by atoms with Gasteiger partial charge in [-0.25, -0.2) is 4.79 Å². The normalized spacial score (nSPS) is 37.3. The molecule has 2 aliphatic heterocycles. The molecule has 0 aromatic rings. The van der Waals surface area contributed by atoms with Crippen LogP contribution in [0.3, 0.4) is 0 Å². The predicted molar refractivity (Wildman–Crippen MR) is 42.7 cm³/mol. The van der Waals surface area contributed by atoms with Crippen molar-refractivity contribution in [3.63, 3.8) is 0 Å². The summed E-state index contributed by atoms with van der Waals surface area (Å²) in [5, 5.41) is 0. The van der Waals surface area contributed by atoms with Gasteiger partial charge in [-0.1, -0.05) is 13.5 Å². The van der Waals surface area contributed by atoms with Crippen molar-refractivity contribution in [1.82, 2.24) is 0 Å². The van der Waals surface area contributed by atoms with Crippen molar-refractivity contribution in [3.8, 4) is 0 Å². The van der Waals surface area contributed by atoms with Gasteiger partial charge < -0.3 is 9.47 Å². The number of fused-ring (bicyclic) bond motifs is 1. The van der Waals surface area contributed by atoms with Crippen LogP contribution in [0.5, 0.6) is 0 Å². The molecule has 0 aromatic carbocycles. The van der Waals surface area contributed by atoms with Crippen molar-refractivity contribution >= 4 is 11.9 Å². The van der Waals surface area contributed by atoms with Crippen molar-refractivity contribution in [1.29, 1.82) is 0 Å². The topological polar surface area (TPSA) is 52.6 Å². The third-order valence-corrected chi connectivity index (χ3v) is 2.50. The summed E-state index contributed by atoms with van der Waals surface area (Å²) in [6.07, 6.45) is -0.0637. The van der Waals surface area contributed by atoms with E-state index in [4.69, 9.17) is 9.47 Å². The third-order valence-electron chi connectivity index (χ3n) is 2.50.